The lowest BCUT2D eigenvalue weighted by molar-refractivity contribution is -0.145. The Morgan fingerprint density at radius 3 is 2.70 bits per heavy atom. The highest BCUT2D eigenvalue weighted by molar-refractivity contribution is 5.91. The van der Waals surface area contributed by atoms with Crippen molar-refractivity contribution in [2.45, 2.75) is 33.1 Å². The number of amides is 1. The molecule has 0 aliphatic carbocycles. The van der Waals surface area contributed by atoms with Gasteiger partial charge in [0.15, 0.2) is 5.76 Å². The van der Waals surface area contributed by atoms with Gasteiger partial charge in [-0.3, -0.25) is 9.59 Å². The maximum Gasteiger partial charge on any atom is 0.310 e. The van der Waals surface area contributed by atoms with Crippen LogP contribution < -0.4 is 0 Å². The number of unbranched alkanes of at least 4 members (excludes halogenated alkanes) is 2. The number of esters is 1. The van der Waals surface area contributed by atoms with Gasteiger partial charge in [0.05, 0.1) is 19.3 Å². The van der Waals surface area contributed by atoms with Crippen molar-refractivity contribution in [2.24, 2.45) is 5.92 Å². The lowest BCUT2D eigenvalue weighted by Gasteiger charge is -2.24. The Balaban J connectivity index is 2.69. The molecule has 0 bridgehead atoms. The fourth-order valence-electron chi connectivity index (χ4n) is 1.99. The van der Waals surface area contributed by atoms with E-state index in [1.165, 1.54) is 13.4 Å². The van der Waals surface area contributed by atoms with E-state index in [0.717, 1.165) is 19.3 Å². The van der Waals surface area contributed by atoms with E-state index in [-0.39, 0.29) is 17.8 Å². The third-order valence-corrected chi connectivity index (χ3v) is 3.15. The van der Waals surface area contributed by atoms with Gasteiger partial charge in [-0.05, 0) is 18.6 Å². The number of methoxy groups -OCH3 is 1. The third-order valence-electron chi connectivity index (χ3n) is 3.15. The molecule has 1 amide bonds. The summed E-state index contributed by atoms with van der Waals surface area (Å²) >= 11 is 0. The van der Waals surface area contributed by atoms with Gasteiger partial charge in [0.1, 0.15) is 0 Å². The zero-order chi connectivity index (χ0) is 15.0. The molecule has 1 aromatic rings. The molecule has 1 aromatic heterocycles. The molecule has 0 spiro atoms. The fourth-order valence-corrected chi connectivity index (χ4v) is 1.99. The number of rotatable bonds is 8. The highest BCUT2D eigenvalue weighted by Crippen LogP contribution is 2.11. The number of carbonyl (C=O) groups is 2. The number of carbonyl (C=O) groups excluding carboxylic acids is 2. The van der Waals surface area contributed by atoms with Gasteiger partial charge in [-0.1, -0.05) is 26.7 Å². The summed E-state index contributed by atoms with van der Waals surface area (Å²) < 4.78 is 9.85. The number of nitrogens with zero attached hydrogens (tertiary/aromatic N) is 1. The van der Waals surface area contributed by atoms with Crippen molar-refractivity contribution >= 4 is 11.9 Å². The van der Waals surface area contributed by atoms with Crippen molar-refractivity contribution in [2.75, 3.05) is 20.2 Å². The number of ether oxygens (including phenoxy) is 1. The van der Waals surface area contributed by atoms with Crippen LogP contribution in [0.3, 0.4) is 0 Å². The second kappa shape index (κ2) is 8.40. The molecule has 0 N–H and O–H groups in total. The molecule has 0 aliphatic rings. The zero-order valence-corrected chi connectivity index (χ0v) is 12.4. The quantitative estimate of drug-likeness (QED) is 0.543. The summed E-state index contributed by atoms with van der Waals surface area (Å²) in [5.74, 6) is -0.529. The van der Waals surface area contributed by atoms with Crippen LogP contribution in [0.2, 0.25) is 0 Å². The maximum absolute atomic E-state index is 12.3. The maximum atomic E-state index is 12.3. The van der Waals surface area contributed by atoms with Gasteiger partial charge >= 0.3 is 5.97 Å². The highest BCUT2D eigenvalue weighted by atomic mass is 16.5. The van der Waals surface area contributed by atoms with Gasteiger partial charge in [-0.15, -0.1) is 0 Å². The van der Waals surface area contributed by atoms with Crippen LogP contribution in [0.25, 0.3) is 0 Å². The number of furan rings is 1. The van der Waals surface area contributed by atoms with Crippen molar-refractivity contribution in [3.05, 3.63) is 24.2 Å². The van der Waals surface area contributed by atoms with Gasteiger partial charge in [0.25, 0.3) is 5.91 Å². The van der Waals surface area contributed by atoms with Gasteiger partial charge in [0.2, 0.25) is 0 Å². The van der Waals surface area contributed by atoms with E-state index in [1.807, 2.05) is 0 Å². The molecule has 0 fully saturated rings. The molecule has 5 nitrogen and oxygen atoms in total. The van der Waals surface area contributed by atoms with Crippen LogP contribution in [0.15, 0.2) is 22.8 Å². The molecular weight excluding hydrogens is 258 g/mol. The normalized spacial score (nSPS) is 11.9. The molecule has 0 saturated heterocycles. The van der Waals surface area contributed by atoms with Crippen molar-refractivity contribution in [3.8, 4) is 0 Å². The molecule has 0 saturated carbocycles. The molecule has 5 heteroatoms. The van der Waals surface area contributed by atoms with E-state index in [4.69, 9.17) is 9.15 Å². The van der Waals surface area contributed by atoms with Crippen LogP contribution >= 0.6 is 0 Å². The number of hydrogen-bond donors (Lipinski definition) is 0. The van der Waals surface area contributed by atoms with Crippen LogP contribution in [0.5, 0.6) is 0 Å². The SMILES string of the molecule is CCCCCN(CC(C)C(=O)OC)C(=O)c1ccco1. The summed E-state index contributed by atoms with van der Waals surface area (Å²) in [6, 6.07) is 3.32. The topological polar surface area (TPSA) is 59.8 Å². The predicted molar refractivity (Wildman–Crippen MR) is 75.3 cm³/mol. The first-order valence-corrected chi connectivity index (χ1v) is 7.00. The molecular formula is C15H23NO4. The lowest BCUT2D eigenvalue weighted by Crippen LogP contribution is -2.37. The Morgan fingerprint density at radius 2 is 2.15 bits per heavy atom. The second-order valence-corrected chi connectivity index (χ2v) is 4.86. The Hall–Kier alpha value is -1.78. The van der Waals surface area contributed by atoms with E-state index in [1.54, 1.807) is 24.0 Å². The van der Waals surface area contributed by atoms with E-state index in [9.17, 15) is 9.59 Å². The molecule has 1 unspecified atom stereocenters. The highest BCUT2D eigenvalue weighted by Gasteiger charge is 2.23. The molecule has 20 heavy (non-hydrogen) atoms. The summed E-state index contributed by atoms with van der Waals surface area (Å²) in [5, 5.41) is 0. The monoisotopic (exact) mass is 281 g/mol. The van der Waals surface area contributed by atoms with Crippen LogP contribution in [0, 0.1) is 5.92 Å². The molecule has 1 atom stereocenters. The van der Waals surface area contributed by atoms with Crippen molar-refractivity contribution < 1.29 is 18.7 Å². The molecule has 1 heterocycles. The second-order valence-electron chi connectivity index (χ2n) is 4.86. The van der Waals surface area contributed by atoms with Gasteiger partial charge in [-0.2, -0.15) is 0 Å². The third kappa shape index (κ3) is 4.72. The summed E-state index contributed by atoms with van der Waals surface area (Å²) in [6.07, 6.45) is 4.52. The van der Waals surface area contributed by atoms with E-state index >= 15 is 0 Å². The van der Waals surface area contributed by atoms with Crippen molar-refractivity contribution in [1.29, 1.82) is 0 Å². The minimum Gasteiger partial charge on any atom is -0.469 e. The first-order valence-electron chi connectivity index (χ1n) is 7.00. The van der Waals surface area contributed by atoms with Gasteiger partial charge in [0, 0.05) is 13.1 Å². The van der Waals surface area contributed by atoms with Gasteiger partial charge < -0.3 is 14.1 Å². The zero-order valence-electron chi connectivity index (χ0n) is 12.4. The van der Waals surface area contributed by atoms with Crippen LogP contribution in [0.4, 0.5) is 0 Å². The van der Waals surface area contributed by atoms with Crippen molar-refractivity contribution in [1.82, 2.24) is 4.90 Å². The number of hydrogen-bond acceptors (Lipinski definition) is 4. The Kier molecular flexibility index (Phi) is 6.84. The Bertz CT molecular complexity index is 414. The first kappa shape index (κ1) is 16.3. The molecule has 0 aliphatic heterocycles. The van der Waals surface area contributed by atoms with Crippen molar-refractivity contribution in [3.63, 3.8) is 0 Å². The molecule has 1 rings (SSSR count). The Labute approximate surface area is 119 Å². The minimum absolute atomic E-state index is 0.179. The standard InChI is InChI=1S/C15H23NO4/c1-4-5-6-9-16(11-12(2)15(18)19-3)14(17)13-8-7-10-20-13/h7-8,10,12H,4-6,9,11H2,1-3H3. The summed E-state index contributed by atoms with van der Waals surface area (Å²) in [6.45, 7) is 4.83. The average Bonchev–Trinajstić information content (AvgIpc) is 2.98. The van der Waals surface area contributed by atoms with E-state index in [2.05, 4.69) is 6.92 Å². The Morgan fingerprint density at radius 1 is 1.40 bits per heavy atom. The smallest absolute Gasteiger partial charge is 0.310 e. The first-order chi connectivity index (χ1) is 9.60. The van der Waals surface area contributed by atoms with Gasteiger partial charge in [-0.25, -0.2) is 0 Å². The molecule has 112 valence electrons. The fraction of sp³-hybridized carbons (Fsp3) is 0.600. The predicted octanol–water partition coefficient (Wildman–Crippen LogP) is 2.72. The van der Waals surface area contributed by atoms with Crippen LogP contribution in [-0.4, -0.2) is 37.0 Å². The summed E-state index contributed by atoms with van der Waals surface area (Å²) in [4.78, 5) is 25.5. The van der Waals surface area contributed by atoms with Crippen LogP contribution in [-0.2, 0) is 9.53 Å². The van der Waals surface area contributed by atoms with E-state index < -0.39 is 0 Å². The van der Waals surface area contributed by atoms with Crippen LogP contribution in [0.1, 0.15) is 43.7 Å². The van der Waals surface area contributed by atoms with E-state index in [0.29, 0.717) is 18.8 Å². The average molecular weight is 281 g/mol. The lowest BCUT2D eigenvalue weighted by atomic mass is 10.1. The molecule has 0 aromatic carbocycles. The summed E-state index contributed by atoms with van der Waals surface area (Å²) in [7, 11) is 1.36. The summed E-state index contributed by atoms with van der Waals surface area (Å²) in [5.41, 5.74) is 0. The largest absolute Gasteiger partial charge is 0.469 e. The minimum atomic E-state index is -0.347. The molecule has 0 radical (unpaired) electrons.